The van der Waals surface area contributed by atoms with Gasteiger partial charge in [-0.3, -0.25) is 4.57 Å². The maximum Gasteiger partial charge on any atom is 0.165 e. The molecule has 0 saturated heterocycles. The third-order valence-corrected chi connectivity index (χ3v) is 13.1. The minimum absolute atomic E-state index is 0.816. The average Bonchev–Trinajstić information content (AvgIpc) is 3.94. The molecule has 0 aliphatic rings. The van der Waals surface area contributed by atoms with E-state index in [9.17, 15) is 0 Å². The summed E-state index contributed by atoms with van der Waals surface area (Å²) in [6.07, 6.45) is 0. The number of aromatic nitrogens is 4. The van der Waals surface area contributed by atoms with Gasteiger partial charge in [0.1, 0.15) is 5.69 Å². The first-order valence-corrected chi connectivity index (χ1v) is 20.2. The molecule has 0 bridgehead atoms. The van der Waals surface area contributed by atoms with Crippen LogP contribution in [0.4, 0.5) is 0 Å². The Labute approximate surface area is 330 Å². The van der Waals surface area contributed by atoms with Crippen molar-refractivity contribution < 1.29 is 0 Å². The predicted molar refractivity (Wildman–Crippen MR) is 242 cm³/mol. The van der Waals surface area contributed by atoms with E-state index in [1.807, 2.05) is 11.3 Å². The maximum atomic E-state index is 5.89. The topological polar surface area (TPSA) is 35.6 Å². The van der Waals surface area contributed by atoms with Crippen molar-refractivity contribution in [2.75, 3.05) is 0 Å². The molecule has 0 amide bonds. The summed E-state index contributed by atoms with van der Waals surface area (Å²) in [5.41, 5.74) is 9.38. The average molecular weight is 743 g/mol. The Morgan fingerprint density at radius 2 is 0.860 bits per heavy atom. The van der Waals surface area contributed by atoms with E-state index in [4.69, 9.17) is 9.97 Å². The number of hydrogen-bond acceptors (Lipinski definition) is 3. The van der Waals surface area contributed by atoms with Crippen molar-refractivity contribution in [1.82, 2.24) is 19.1 Å². The van der Waals surface area contributed by atoms with Crippen molar-refractivity contribution in [1.29, 1.82) is 0 Å². The van der Waals surface area contributed by atoms with Gasteiger partial charge in [0.25, 0.3) is 0 Å². The van der Waals surface area contributed by atoms with Crippen molar-refractivity contribution in [3.05, 3.63) is 182 Å². The first kappa shape index (κ1) is 30.9. The summed E-state index contributed by atoms with van der Waals surface area (Å²) < 4.78 is 7.33. The molecule has 264 valence electrons. The molecule has 4 aromatic heterocycles. The first-order chi connectivity index (χ1) is 28.3. The molecule has 13 aromatic rings. The van der Waals surface area contributed by atoms with E-state index >= 15 is 0 Å². The van der Waals surface area contributed by atoms with E-state index in [1.165, 1.54) is 58.0 Å². The van der Waals surface area contributed by atoms with Gasteiger partial charge in [0, 0.05) is 63.7 Å². The van der Waals surface area contributed by atoms with Crippen LogP contribution in [0.25, 0.3) is 119 Å². The van der Waals surface area contributed by atoms with E-state index in [0.29, 0.717) is 0 Å². The SMILES string of the molecule is c1ccc(-n2c3ccccc3c3ccc4c5ccccc5n(-c5nc6c7ccccc7c7ccccc7c6nc5-c5cccc6c5sc5ccccc56)c4c32)cc1. The van der Waals surface area contributed by atoms with Gasteiger partial charge in [0.15, 0.2) is 5.82 Å². The second kappa shape index (κ2) is 11.6. The number of hydrogen-bond donors (Lipinski definition) is 0. The lowest BCUT2D eigenvalue weighted by atomic mass is 9.99. The Morgan fingerprint density at radius 3 is 1.54 bits per heavy atom. The van der Waals surface area contributed by atoms with Gasteiger partial charge in [-0.15, -0.1) is 11.3 Å². The number of benzene rings is 9. The Morgan fingerprint density at radius 1 is 0.351 bits per heavy atom. The van der Waals surface area contributed by atoms with Gasteiger partial charge in [0.05, 0.1) is 33.1 Å². The highest BCUT2D eigenvalue weighted by Gasteiger charge is 2.26. The second-order valence-electron chi connectivity index (χ2n) is 14.9. The molecule has 4 nitrogen and oxygen atoms in total. The molecule has 0 radical (unpaired) electrons. The van der Waals surface area contributed by atoms with Crippen molar-refractivity contribution in [3.8, 4) is 22.8 Å². The molecule has 0 unspecified atom stereocenters. The van der Waals surface area contributed by atoms with Gasteiger partial charge in [-0.1, -0.05) is 152 Å². The number of rotatable bonds is 3. The summed E-state index contributed by atoms with van der Waals surface area (Å²) in [5, 5.41) is 11.8. The van der Waals surface area contributed by atoms with E-state index in [-0.39, 0.29) is 0 Å². The quantitative estimate of drug-likeness (QED) is 0.169. The number of thiophene rings is 1. The Hall–Kier alpha value is -7.34. The van der Waals surface area contributed by atoms with Crippen LogP contribution in [0, 0.1) is 0 Å². The minimum Gasteiger partial charge on any atom is -0.307 e. The summed E-state index contributed by atoms with van der Waals surface area (Å²) in [5.74, 6) is 0.816. The van der Waals surface area contributed by atoms with E-state index in [2.05, 4.69) is 191 Å². The molecule has 9 aromatic carbocycles. The van der Waals surface area contributed by atoms with Crippen LogP contribution in [0.1, 0.15) is 0 Å². The molecule has 0 aliphatic carbocycles. The molecule has 0 N–H and O–H groups in total. The molecule has 4 heterocycles. The normalized spacial score (nSPS) is 12.2. The number of nitrogens with zero attached hydrogens (tertiary/aromatic N) is 4. The summed E-state index contributed by atoms with van der Waals surface area (Å²) in [4.78, 5) is 11.7. The third-order valence-electron chi connectivity index (χ3n) is 11.9. The molecule has 0 spiro atoms. The fourth-order valence-electron chi connectivity index (χ4n) is 9.49. The highest BCUT2D eigenvalue weighted by Crippen LogP contribution is 2.46. The second-order valence-corrected chi connectivity index (χ2v) is 15.9. The molecule has 57 heavy (non-hydrogen) atoms. The molecule has 0 saturated carbocycles. The molecular weight excluding hydrogens is 713 g/mol. The summed E-state index contributed by atoms with van der Waals surface area (Å²) in [6, 6.07) is 65.6. The van der Waals surface area contributed by atoms with Crippen molar-refractivity contribution >= 4 is 108 Å². The minimum atomic E-state index is 0.816. The first-order valence-electron chi connectivity index (χ1n) is 19.3. The van der Waals surface area contributed by atoms with Crippen LogP contribution < -0.4 is 0 Å². The van der Waals surface area contributed by atoms with Gasteiger partial charge in [-0.25, -0.2) is 9.97 Å². The third kappa shape index (κ3) is 4.21. The number of fused-ring (bicyclic) bond motifs is 16. The zero-order valence-electron chi connectivity index (χ0n) is 30.5. The van der Waals surface area contributed by atoms with E-state index in [0.717, 1.165) is 61.1 Å². The lowest BCUT2D eigenvalue weighted by molar-refractivity contribution is 1.08. The monoisotopic (exact) mass is 742 g/mol. The highest BCUT2D eigenvalue weighted by molar-refractivity contribution is 7.26. The maximum absolute atomic E-state index is 5.89. The molecule has 0 atom stereocenters. The van der Waals surface area contributed by atoms with Crippen molar-refractivity contribution in [2.45, 2.75) is 0 Å². The lowest BCUT2D eigenvalue weighted by Crippen LogP contribution is -2.05. The fourth-order valence-corrected chi connectivity index (χ4v) is 10.7. The van der Waals surface area contributed by atoms with Gasteiger partial charge >= 0.3 is 0 Å². The van der Waals surface area contributed by atoms with Crippen LogP contribution in [0.15, 0.2) is 182 Å². The predicted octanol–water partition coefficient (Wildman–Crippen LogP) is 14.2. The van der Waals surface area contributed by atoms with Crippen LogP contribution >= 0.6 is 11.3 Å². The Kier molecular flexibility index (Phi) is 6.29. The van der Waals surface area contributed by atoms with E-state index < -0.39 is 0 Å². The molecule has 0 aliphatic heterocycles. The van der Waals surface area contributed by atoms with Gasteiger partial charge in [-0.05, 0) is 41.1 Å². The standard InChI is InChI=1S/C52H30N4S/c1-2-15-31(16-3-1)55-43-26-11-8-19-34(43)39-29-30-40-35-20-9-12-27-44(35)56(50(40)49(39)55)52-48(42-25-14-24-41-36-21-10-13-28-45(36)57-51(41)42)53-46-37-22-6-4-17-32(37)33-18-5-7-23-38(33)47(46)54-52/h1-30H. The number of para-hydroxylation sites is 3. The van der Waals surface area contributed by atoms with Crippen LogP contribution in [0.2, 0.25) is 0 Å². The summed E-state index contributed by atoms with van der Waals surface area (Å²) >= 11 is 1.83. The van der Waals surface area contributed by atoms with E-state index in [1.54, 1.807) is 0 Å². The smallest absolute Gasteiger partial charge is 0.165 e. The molecule has 5 heteroatoms. The Bertz CT molecular complexity index is 3810. The highest BCUT2D eigenvalue weighted by atomic mass is 32.1. The zero-order chi connectivity index (χ0) is 37.2. The summed E-state index contributed by atoms with van der Waals surface area (Å²) in [6.45, 7) is 0. The zero-order valence-corrected chi connectivity index (χ0v) is 31.3. The van der Waals surface area contributed by atoms with Crippen LogP contribution in [-0.4, -0.2) is 19.1 Å². The van der Waals surface area contributed by atoms with Crippen LogP contribution in [0.5, 0.6) is 0 Å². The Balaban J connectivity index is 1.29. The summed E-state index contributed by atoms with van der Waals surface area (Å²) in [7, 11) is 0. The van der Waals surface area contributed by atoms with Gasteiger partial charge < -0.3 is 4.57 Å². The molecule has 13 rings (SSSR count). The van der Waals surface area contributed by atoms with Crippen molar-refractivity contribution in [2.24, 2.45) is 0 Å². The largest absolute Gasteiger partial charge is 0.307 e. The van der Waals surface area contributed by atoms with Crippen LogP contribution in [-0.2, 0) is 0 Å². The lowest BCUT2D eigenvalue weighted by Gasteiger charge is -2.17. The van der Waals surface area contributed by atoms with Gasteiger partial charge in [-0.2, -0.15) is 0 Å². The van der Waals surface area contributed by atoms with Crippen molar-refractivity contribution in [3.63, 3.8) is 0 Å². The van der Waals surface area contributed by atoms with Gasteiger partial charge in [0.2, 0.25) is 0 Å². The molecular formula is C52H30N4S. The van der Waals surface area contributed by atoms with Crippen LogP contribution in [0.3, 0.4) is 0 Å². The molecule has 0 fully saturated rings. The fraction of sp³-hybridized carbons (Fsp3) is 0.